The lowest BCUT2D eigenvalue weighted by atomic mass is 9.94. The van der Waals surface area contributed by atoms with Crippen LogP contribution in [0, 0.1) is 12.7 Å². The minimum absolute atomic E-state index is 0.129. The quantitative estimate of drug-likeness (QED) is 0.0511. The average molecular weight is 1280 g/mol. The van der Waals surface area contributed by atoms with Crippen molar-refractivity contribution >= 4 is 64.3 Å². The normalized spacial score (nSPS) is 17.5. The Bertz CT molecular complexity index is 3540. The van der Waals surface area contributed by atoms with Gasteiger partial charge in [0.05, 0.1) is 114 Å². The summed E-state index contributed by atoms with van der Waals surface area (Å²) in [4.78, 5) is 74.3. The maximum Gasteiger partial charge on any atom is 0.326 e. The van der Waals surface area contributed by atoms with Crippen LogP contribution in [0.25, 0.3) is 11.1 Å². The highest BCUT2D eigenvalue weighted by atomic mass is 35.5. The molecule has 2 fully saturated rings. The van der Waals surface area contributed by atoms with E-state index in [1.54, 1.807) is 64.2 Å². The van der Waals surface area contributed by atoms with Gasteiger partial charge in [-0.15, -0.1) is 0 Å². The zero-order chi connectivity index (χ0) is 63.4. The highest BCUT2D eigenvalue weighted by Gasteiger charge is 2.45. The zero-order valence-corrected chi connectivity index (χ0v) is 53.0. The molecule has 0 radical (unpaired) electrons. The van der Waals surface area contributed by atoms with Crippen LogP contribution in [0.15, 0.2) is 102 Å². The second kappa shape index (κ2) is 30.3. The third kappa shape index (κ3) is 15.6. The van der Waals surface area contributed by atoms with Crippen molar-refractivity contribution in [3.8, 4) is 22.6 Å². The number of anilines is 2. The van der Waals surface area contributed by atoms with Gasteiger partial charge in [0.1, 0.15) is 35.5 Å². The summed E-state index contributed by atoms with van der Waals surface area (Å²) in [7, 11) is 3.30. The van der Waals surface area contributed by atoms with Crippen molar-refractivity contribution in [2.24, 2.45) is 4.99 Å². The number of fused-ring (bicyclic) bond motifs is 8. The molecule has 478 valence electrons. The van der Waals surface area contributed by atoms with E-state index in [9.17, 15) is 18.8 Å². The number of ether oxygens (including phenoxy) is 6. The SMILES string of the molecule is COc1ccc(C2=NC(Cc3ccc(Cl)cc3)[C@@H](c3ccc(Cl)cc3)N2C(=O)N2CCN(CCOCCOCCOCCOCCC(=O)NCCn3nc4c(c3C)-c3cnc(N)c(c3)N3CCC[C@@H]3c3cc(F)ccc3C(=O)N(C)C4)C(=O)C2)c(OC(C)C)c1. The van der Waals surface area contributed by atoms with Crippen molar-refractivity contribution in [3.63, 3.8) is 0 Å². The average Bonchev–Trinajstić information content (AvgIpc) is 1.70. The molecule has 4 aliphatic heterocycles. The van der Waals surface area contributed by atoms with Crippen LogP contribution in [-0.4, -0.2) is 182 Å². The molecule has 5 amide bonds. The first-order valence-electron chi connectivity index (χ1n) is 30.5. The third-order valence-corrected chi connectivity index (χ3v) is 16.9. The lowest BCUT2D eigenvalue weighted by Crippen LogP contribution is -2.57. The number of carbonyl (C=O) groups is 4. The minimum Gasteiger partial charge on any atom is -0.497 e. The number of nitrogen functional groups attached to an aromatic ring is 1. The molecule has 0 saturated carbocycles. The molecule has 1 unspecified atom stereocenters. The zero-order valence-electron chi connectivity index (χ0n) is 51.5. The van der Waals surface area contributed by atoms with Gasteiger partial charge in [0.15, 0.2) is 0 Å². The number of pyridine rings is 1. The molecule has 0 spiro atoms. The number of nitrogens with zero attached hydrogens (tertiary/aromatic N) is 9. The predicted octanol–water partition coefficient (Wildman–Crippen LogP) is 8.96. The molecule has 3 N–H and O–H groups in total. The molecular formula is C66H78Cl2FN11O10. The molecule has 21 nitrogen and oxygen atoms in total. The van der Waals surface area contributed by atoms with Gasteiger partial charge in [0, 0.05) is 90.9 Å². The number of methoxy groups -OCH3 is 1. The first kappa shape index (κ1) is 65.1. The van der Waals surface area contributed by atoms with Gasteiger partial charge in [0.25, 0.3) is 5.91 Å². The summed E-state index contributed by atoms with van der Waals surface area (Å²) in [6, 6.07) is 25.2. The van der Waals surface area contributed by atoms with Gasteiger partial charge in [-0.3, -0.25) is 29.0 Å². The number of amides is 5. The van der Waals surface area contributed by atoms with E-state index < -0.39 is 17.9 Å². The Morgan fingerprint density at radius 3 is 2.20 bits per heavy atom. The van der Waals surface area contributed by atoms with Crippen molar-refractivity contribution in [2.45, 2.75) is 83.8 Å². The van der Waals surface area contributed by atoms with Crippen LogP contribution in [0.1, 0.15) is 89.2 Å². The van der Waals surface area contributed by atoms with Gasteiger partial charge in [-0.1, -0.05) is 47.5 Å². The largest absolute Gasteiger partial charge is 0.497 e. The van der Waals surface area contributed by atoms with E-state index >= 15 is 4.79 Å². The number of benzene rings is 4. The van der Waals surface area contributed by atoms with Gasteiger partial charge in [-0.2, -0.15) is 5.10 Å². The number of halogens is 3. The molecule has 6 heterocycles. The second-order valence-electron chi connectivity index (χ2n) is 22.9. The fourth-order valence-corrected chi connectivity index (χ4v) is 12.2. The molecule has 4 aromatic carbocycles. The van der Waals surface area contributed by atoms with E-state index in [2.05, 4.69) is 15.2 Å². The van der Waals surface area contributed by atoms with E-state index in [0.717, 1.165) is 46.5 Å². The van der Waals surface area contributed by atoms with Crippen LogP contribution in [0.4, 0.5) is 20.7 Å². The van der Waals surface area contributed by atoms with Gasteiger partial charge in [-0.25, -0.2) is 14.2 Å². The van der Waals surface area contributed by atoms with Crippen molar-refractivity contribution in [3.05, 3.63) is 152 Å². The fourth-order valence-electron chi connectivity index (χ4n) is 12.0. The Morgan fingerprint density at radius 1 is 0.811 bits per heavy atom. The number of carbonyl (C=O) groups excluding carboxylic acids is 4. The topological polar surface area (TPSA) is 221 Å². The van der Waals surface area contributed by atoms with Crippen LogP contribution in [0.2, 0.25) is 10.0 Å². The smallest absolute Gasteiger partial charge is 0.326 e. The van der Waals surface area contributed by atoms with Crippen LogP contribution in [0.5, 0.6) is 11.5 Å². The highest BCUT2D eigenvalue weighted by molar-refractivity contribution is 6.30. The number of amidine groups is 1. The fraction of sp³-hybridized carbons (Fsp3) is 0.439. The predicted molar refractivity (Wildman–Crippen MR) is 341 cm³/mol. The number of hydrogen-bond donors (Lipinski definition) is 2. The second-order valence-corrected chi connectivity index (χ2v) is 23.8. The van der Waals surface area contributed by atoms with Crippen LogP contribution >= 0.6 is 23.2 Å². The van der Waals surface area contributed by atoms with Crippen LogP contribution < -0.4 is 25.4 Å². The maximum atomic E-state index is 15.1. The van der Waals surface area contributed by atoms with Gasteiger partial charge >= 0.3 is 6.03 Å². The first-order valence-corrected chi connectivity index (χ1v) is 31.3. The first-order chi connectivity index (χ1) is 43.5. The standard InChI is InChI=1S/C66H78Cl2FN11O10/c1-42(2)90-58-38-50(85-5)17-19-52(58)64-73-54(35-44-8-12-47(67)13-9-44)62(45-10-14-48(68)15-11-45)80(64)66(84)77-25-24-76(60(82)41-77)26-28-87-30-32-89-34-33-88-31-29-86-27-20-59(81)71-21-23-79-43(3)61-46-36-57(63(70)72-39-46)78-22-6-7-56(78)53-37-49(69)16-18-51(53)65(83)75(4)40-55(61)74-79/h8-19,36-39,42,54,56,62H,6-7,20-35,40-41H2,1-5H3,(H2,70,72)(H,71,81)/t54?,56-,62-/m1/s1. The Hall–Kier alpha value is -7.86. The monoisotopic (exact) mass is 1270 g/mol. The molecule has 3 atom stereocenters. The van der Waals surface area contributed by atoms with Gasteiger partial charge < -0.3 is 59.1 Å². The van der Waals surface area contributed by atoms with Crippen LogP contribution in [-0.2, 0) is 48.0 Å². The summed E-state index contributed by atoms with van der Waals surface area (Å²) < 4.78 is 51.3. The van der Waals surface area contributed by atoms with E-state index in [-0.39, 0.29) is 62.0 Å². The Labute approximate surface area is 534 Å². The third-order valence-electron chi connectivity index (χ3n) is 16.4. The highest BCUT2D eigenvalue weighted by Crippen LogP contribution is 2.44. The summed E-state index contributed by atoms with van der Waals surface area (Å²) in [6.45, 7) is 10.7. The number of urea groups is 1. The molecule has 2 aromatic heterocycles. The number of aliphatic imine (C=N–C) groups is 1. The van der Waals surface area contributed by atoms with Crippen LogP contribution in [0.3, 0.4) is 0 Å². The van der Waals surface area contributed by atoms with Crippen molar-refractivity contribution in [1.29, 1.82) is 0 Å². The van der Waals surface area contributed by atoms with E-state index in [4.69, 9.17) is 67.4 Å². The molecule has 2 saturated heterocycles. The summed E-state index contributed by atoms with van der Waals surface area (Å²) >= 11 is 12.7. The summed E-state index contributed by atoms with van der Waals surface area (Å²) in [5.74, 6) is 0.859. The number of hydrogen-bond acceptors (Lipinski definition) is 15. The van der Waals surface area contributed by atoms with Crippen molar-refractivity contribution in [1.82, 2.24) is 39.7 Å². The molecule has 6 aromatic rings. The molecular weight excluding hydrogens is 1200 g/mol. The summed E-state index contributed by atoms with van der Waals surface area (Å²) in [5, 5.41) is 9.06. The van der Waals surface area contributed by atoms with Crippen molar-refractivity contribution in [2.75, 3.05) is 117 Å². The molecule has 2 bridgehead atoms. The Kier molecular flexibility index (Phi) is 21.9. The summed E-state index contributed by atoms with van der Waals surface area (Å²) in [6.07, 6.45) is 3.76. The van der Waals surface area contributed by atoms with Gasteiger partial charge in [-0.05, 0) is 117 Å². The van der Waals surface area contributed by atoms with E-state index in [1.165, 1.54) is 12.1 Å². The Morgan fingerprint density at radius 2 is 1.50 bits per heavy atom. The van der Waals surface area contributed by atoms with E-state index in [0.29, 0.717) is 148 Å². The lowest BCUT2D eigenvalue weighted by Gasteiger charge is -2.38. The lowest BCUT2D eigenvalue weighted by molar-refractivity contribution is -0.135. The molecule has 90 heavy (non-hydrogen) atoms. The number of aromatic nitrogens is 3. The molecule has 24 heteroatoms. The Balaban J connectivity index is 0.625. The molecule has 4 aliphatic rings. The van der Waals surface area contributed by atoms with E-state index in [1.807, 2.05) is 80.1 Å². The number of piperazine rings is 1. The van der Waals surface area contributed by atoms with Gasteiger partial charge in [0.2, 0.25) is 11.8 Å². The number of nitrogens with two attached hydrogens (primary N) is 1. The summed E-state index contributed by atoms with van der Waals surface area (Å²) in [5.41, 5.74) is 13.9. The minimum atomic E-state index is -0.560. The molecule has 0 aliphatic carbocycles. The molecule has 10 rings (SSSR count). The number of rotatable bonds is 25. The number of nitrogens with one attached hydrogen (secondary N) is 1. The van der Waals surface area contributed by atoms with Crippen molar-refractivity contribution < 1.29 is 52.0 Å². The maximum absolute atomic E-state index is 15.1.